The predicted molar refractivity (Wildman–Crippen MR) is 61.4 cm³/mol. The maximum absolute atomic E-state index is 9.18. The van der Waals surface area contributed by atoms with E-state index in [0.717, 1.165) is 18.0 Å². The Hall–Kier alpha value is -0.860. The molecule has 0 heterocycles. The molecule has 15 heavy (non-hydrogen) atoms. The van der Waals surface area contributed by atoms with Gasteiger partial charge in [0.15, 0.2) is 0 Å². The molecule has 0 radical (unpaired) electrons. The molecule has 2 nitrogen and oxygen atoms in total. The van der Waals surface area contributed by atoms with E-state index < -0.39 is 0 Å². The second-order valence-electron chi connectivity index (χ2n) is 4.43. The average molecular weight is 205 g/mol. The summed E-state index contributed by atoms with van der Waals surface area (Å²) in [6.45, 7) is 3.25. The highest BCUT2D eigenvalue weighted by molar-refractivity contribution is 5.26. The fourth-order valence-electron chi connectivity index (χ4n) is 1.92. The van der Waals surface area contributed by atoms with Crippen LogP contribution in [0.25, 0.3) is 0 Å². The lowest BCUT2D eigenvalue weighted by Gasteiger charge is -2.14. The molecule has 0 bridgehead atoms. The molecular formula is C13H19NO. The van der Waals surface area contributed by atoms with E-state index in [2.05, 4.69) is 18.3 Å². The van der Waals surface area contributed by atoms with Gasteiger partial charge in [-0.15, -0.1) is 0 Å². The molecule has 1 aliphatic carbocycles. The summed E-state index contributed by atoms with van der Waals surface area (Å²) in [5, 5.41) is 12.7. The van der Waals surface area contributed by atoms with Gasteiger partial charge in [-0.1, -0.05) is 24.3 Å². The van der Waals surface area contributed by atoms with Crippen LogP contribution in [0.1, 0.15) is 30.9 Å². The Morgan fingerprint density at radius 2 is 2.00 bits per heavy atom. The van der Waals surface area contributed by atoms with Crippen LogP contribution in [0, 0.1) is 5.92 Å². The van der Waals surface area contributed by atoms with Gasteiger partial charge in [-0.2, -0.15) is 0 Å². The molecule has 1 saturated carbocycles. The van der Waals surface area contributed by atoms with Crippen LogP contribution in [0.2, 0.25) is 0 Å². The molecule has 0 aliphatic heterocycles. The highest BCUT2D eigenvalue weighted by atomic mass is 16.3. The van der Waals surface area contributed by atoms with E-state index in [0.29, 0.717) is 6.04 Å². The smallest absolute Gasteiger partial charge is 0.0685 e. The Bertz CT molecular complexity index is 320. The second kappa shape index (κ2) is 4.77. The van der Waals surface area contributed by atoms with Crippen molar-refractivity contribution in [1.29, 1.82) is 0 Å². The van der Waals surface area contributed by atoms with Gasteiger partial charge in [0.05, 0.1) is 6.61 Å². The SMILES string of the molecule is CC(NCc1ccccc1CO)C1CC1. The first-order valence-electron chi connectivity index (χ1n) is 5.72. The lowest BCUT2D eigenvalue weighted by atomic mass is 10.1. The van der Waals surface area contributed by atoms with E-state index in [-0.39, 0.29) is 6.61 Å². The van der Waals surface area contributed by atoms with Gasteiger partial charge in [0.2, 0.25) is 0 Å². The van der Waals surface area contributed by atoms with Crippen molar-refractivity contribution in [3.05, 3.63) is 35.4 Å². The fraction of sp³-hybridized carbons (Fsp3) is 0.538. The molecule has 1 aromatic rings. The van der Waals surface area contributed by atoms with Crippen molar-refractivity contribution in [2.24, 2.45) is 5.92 Å². The molecule has 0 amide bonds. The fourth-order valence-corrected chi connectivity index (χ4v) is 1.92. The summed E-state index contributed by atoms with van der Waals surface area (Å²) >= 11 is 0. The van der Waals surface area contributed by atoms with Gasteiger partial charge >= 0.3 is 0 Å². The van der Waals surface area contributed by atoms with Crippen molar-refractivity contribution in [3.63, 3.8) is 0 Å². The van der Waals surface area contributed by atoms with Crippen LogP contribution < -0.4 is 5.32 Å². The standard InChI is InChI=1S/C13H19NO/c1-10(11-6-7-11)14-8-12-4-2-3-5-13(12)9-15/h2-5,10-11,14-15H,6-9H2,1H3. The third-order valence-corrected chi connectivity index (χ3v) is 3.23. The number of hydrogen-bond acceptors (Lipinski definition) is 2. The molecule has 1 atom stereocenters. The van der Waals surface area contributed by atoms with Gasteiger partial charge in [0, 0.05) is 12.6 Å². The average Bonchev–Trinajstić information content (AvgIpc) is 3.10. The number of benzene rings is 1. The Morgan fingerprint density at radius 3 is 2.60 bits per heavy atom. The minimum atomic E-state index is 0.135. The molecule has 1 unspecified atom stereocenters. The molecule has 1 aliphatic rings. The van der Waals surface area contributed by atoms with Crippen LogP contribution in [0.3, 0.4) is 0 Å². The van der Waals surface area contributed by atoms with Gasteiger partial charge in [0.25, 0.3) is 0 Å². The van der Waals surface area contributed by atoms with Gasteiger partial charge < -0.3 is 10.4 Å². The van der Waals surface area contributed by atoms with Gasteiger partial charge in [-0.05, 0) is 36.8 Å². The zero-order valence-electron chi connectivity index (χ0n) is 9.24. The van der Waals surface area contributed by atoms with E-state index in [4.69, 9.17) is 0 Å². The third-order valence-electron chi connectivity index (χ3n) is 3.23. The van der Waals surface area contributed by atoms with Crippen LogP contribution in [0.15, 0.2) is 24.3 Å². The summed E-state index contributed by atoms with van der Waals surface area (Å²) in [7, 11) is 0. The molecule has 0 spiro atoms. The van der Waals surface area contributed by atoms with E-state index >= 15 is 0 Å². The number of aliphatic hydroxyl groups is 1. The molecule has 82 valence electrons. The summed E-state index contributed by atoms with van der Waals surface area (Å²) in [6, 6.07) is 8.67. The number of rotatable bonds is 5. The summed E-state index contributed by atoms with van der Waals surface area (Å²) < 4.78 is 0. The molecule has 2 rings (SSSR count). The first-order valence-corrected chi connectivity index (χ1v) is 5.72. The Balaban J connectivity index is 1.91. The summed E-state index contributed by atoms with van der Waals surface area (Å²) in [5.41, 5.74) is 2.25. The topological polar surface area (TPSA) is 32.3 Å². The van der Waals surface area contributed by atoms with E-state index in [1.807, 2.05) is 18.2 Å². The van der Waals surface area contributed by atoms with Crippen LogP contribution in [-0.4, -0.2) is 11.1 Å². The predicted octanol–water partition coefficient (Wildman–Crippen LogP) is 2.07. The molecule has 2 N–H and O–H groups in total. The molecule has 1 fully saturated rings. The van der Waals surface area contributed by atoms with Crippen LogP contribution in [-0.2, 0) is 13.2 Å². The summed E-state index contributed by atoms with van der Waals surface area (Å²) in [5.74, 6) is 0.881. The monoisotopic (exact) mass is 205 g/mol. The first-order chi connectivity index (χ1) is 7.31. The molecule has 1 aromatic carbocycles. The quantitative estimate of drug-likeness (QED) is 0.771. The Labute approximate surface area is 91.3 Å². The number of nitrogens with one attached hydrogen (secondary N) is 1. The highest BCUT2D eigenvalue weighted by Gasteiger charge is 2.27. The zero-order chi connectivity index (χ0) is 10.7. The van der Waals surface area contributed by atoms with Crippen molar-refractivity contribution in [2.45, 2.75) is 39.0 Å². The van der Waals surface area contributed by atoms with Crippen molar-refractivity contribution >= 4 is 0 Å². The molecule has 0 saturated heterocycles. The van der Waals surface area contributed by atoms with Crippen LogP contribution >= 0.6 is 0 Å². The lowest BCUT2D eigenvalue weighted by Crippen LogP contribution is -2.27. The minimum absolute atomic E-state index is 0.135. The summed E-state index contributed by atoms with van der Waals surface area (Å²) in [6.07, 6.45) is 2.74. The van der Waals surface area contributed by atoms with Gasteiger partial charge in [0.1, 0.15) is 0 Å². The zero-order valence-corrected chi connectivity index (χ0v) is 9.24. The van der Waals surface area contributed by atoms with Crippen molar-refractivity contribution < 1.29 is 5.11 Å². The van der Waals surface area contributed by atoms with E-state index in [1.54, 1.807) is 0 Å². The van der Waals surface area contributed by atoms with E-state index in [1.165, 1.54) is 18.4 Å². The normalized spacial score (nSPS) is 17.7. The highest BCUT2D eigenvalue weighted by Crippen LogP contribution is 2.32. The lowest BCUT2D eigenvalue weighted by molar-refractivity contribution is 0.280. The van der Waals surface area contributed by atoms with Crippen LogP contribution in [0.5, 0.6) is 0 Å². The summed E-state index contributed by atoms with van der Waals surface area (Å²) in [4.78, 5) is 0. The van der Waals surface area contributed by atoms with Crippen LogP contribution in [0.4, 0.5) is 0 Å². The maximum atomic E-state index is 9.18. The number of aliphatic hydroxyl groups excluding tert-OH is 1. The van der Waals surface area contributed by atoms with Crippen molar-refractivity contribution in [3.8, 4) is 0 Å². The molecule has 2 heteroatoms. The molecule has 0 aromatic heterocycles. The number of hydrogen-bond donors (Lipinski definition) is 2. The van der Waals surface area contributed by atoms with Crippen molar-refractivity contribution in [2.75, 3.05) is 0 Å². The van der Waals surface area contributed by atoms with Gasteiger partial charge in [-0.3, -0.25) is 0 Å². The second-order valence-corrected chi connectivity index (χ2v) is 4.43. The first kappa shape index (κ1) is 10.7. The minimum Gasteiger partial charge on any atom is -0.392 e. The Morgan fingerprint density at radius 1 is 1.33 bits per heavy atom. The van der Waals surface area contributed by atoms with Gasteiger partial charge in [-0.25, -0.2) is 0 Å². The Kier molecular flexibility index (Phi) is 3.39. The maximum Gasteiger partial charge on any atom is 0.0685 e. The largest absolute Gasteiger partial charge is 0.392 e. The third kappa shape index (κ3) is 2.80. The molecular weight excluding hydrogens is 186 g/mol. The van der Waals surface area contributed by atoms with Crippen molar-refractivity contribution in [1.82, 2.24) is 5.32 Å². The van der Waals surface area contributed by atoms with E-state index in [9.17, 15) is 5.11 Å².